The standard InChI is InChI=1S/C14H14N2O4S2/c1-10-13-7-9-21-14(13)6-8-15(10)22(19,20)12-4-2-11(3-5-12)16(17)18/h2-5,7,9-10H,6,8H2,1H3. The third-order valence-electron chi connectivity index (χ3n) is 3.88. The molecule has 0 saturated carbocycles. The van der Waals surface area contributed by atoms with Gasteiger partial charge in [0.05, 0.1) is 9.82 Å². The van der Waals surface area contributed by atoms with Crippen molar-refractivity contribution in [2.75, 3.05) is 6.54 Å². The minimum atomic E-state index is -3.66. The van der Waals surface area contributed by atoms with Crippen LogP contribution in [0, 0.1) is 10.1 Å². The van der Waals surface area contributed by atoms with Crippen LogP contribution in [0.1, 0.15) is 23.4 Å². The molecule has 6 nitrogen and oxygen atoms in total. The Labute approximate surface area is 132 Å². The molecule has 2 heterocycles. The lowest BCUT2D eigenvalue weighted by molar-refractivity contribution is -0.384. The van der Waals surface area contributed by atoms with E-state index < -0.39 is 14.9 Å². The topological polar surface area (TPSA) is 80.5 Å². The summed E-state index contributed by atoms with van der Waals surface area (Å²) in [6, 6.07) is 6.76. The Kier molecular flexibility index (Phi) is 3.75. The van der Waals surface area contributed by atoms with Gasteiger partial charge in [0, 0.05) is 29.6 Å². The average Bonchev–Trinajstić information content (AvgIpc) is 2.97. The van der Waals surface area contributed by atoms with Crippen LogP contribution >= 0.6 is 11.3 Å². The van der Waals surface area contributed by atoms with Crippen molar-refractivity contribution in [3.63, 3.8) is 0 Å². The molecule has 0 saturated heterocycles. The monoisotopic (exact) mass is 338 g/mol. The minimum Gasteiger partial charge on any atom is -0.258 e. The second kappa shape index (κ2) is 5.45. The van der Waals surface area contributed by atoms with E-state index in [1.54, 1.807) is 11.3 Å². The molecule has 1 aromatic carbocycles. The van der Waals surface area contributed by atoms with Crippen molar-refractivity contribution in [3.05, 3.63) is 56.3 Å². The van der Waals surface area contributed by atoms with Gasteiger partial charge in [-0.05, 0) is 42.5 Å². The third kappa shape index (κ3) is 2.43. The fraction of sp³-hybridized carbons (Fsp3) is 0.286. The highest BCUT2D eigenvalue weighted by atomic mass is 32.2. The predicted octanol–water partition coefficient (Wildman–Crippen LogP) is 2.96. The summed E-state index contributed by atoms with van der Waals surface area (Å²) in [5.41, 5.74) is 0.924. The zero-order valence-electron chi connectivity index (χ0n) is 11.8. The smallest absolute Gasteiger partial charge is 0.258 e. The van der Waals surface area contributed by atoms with E-state index in [9.17, 15) is 18.5 Å². The first-order chi connectivity index (χ1) is 10.4. The SMILES string of the molecule is CC1c2ccsc2CCN1S(=O)(=O)c1ccc([N+](=O)[O-])cc1. The van der Waals surface area contributed by atoms with Crippen LogP contribution in [-0.2, 0) is 16.4 Å². The molecule has 0 spiro atoms. The number of sulfonamides is 1. The Morgan fingerprint density at radius 2 is 1.95 bits per heavy atom. The van der Waals surface area contributed by atoms with Gasteiger partial charge in [0.1, 0.15) is 0 Å². The summed E-state index contributed by atoms with van der Waals surface area (Å²) < 4.78 is 27.0. The molecule has 0 amide bonds. The molecule has 8 heteroatoms. The molecular formula is C14H14N2O4S2. The Balaban J connectivity index is 1.95. The lowest BCUT2D eigenvalue weighted by Crippen LogP contribution is -2.38. The number of benzene rings is 1. The maximum absolute atomic E-state index is 12.8. The Morgan fingerprint density at radius 1 is 1.27 bits per heavy atom. The van der Waals surface area contributed by atoms with Crippen molar-refractivity contribution in [2.24, 2.45) is 0 Å². The molecule has 1 aromatic heterocycles. The number of nitro groups is 1. The van der Waals surface area contributed by atoms with Gasteiger partial charge in [-0.25, -0.2) is 8.42 Å². The van der Waals surface area contributed by atoms with Crippen LogP contribution in [0.3, 0.4) is 0 Å². The molecule has 0 aliphatic carbocycles. The van der Waals surface area contributed by atoms with Crippen LogP contribution in [0.15, 0.2) is 40.6 Å². The zero-order valence-corrected chi connectivity index (χ0v) is 13.4. The van der Waals surface area contributed by atoms with Gasteiger partial charge in [0.25, 0.3) is 5.69 Å². The van der Waals surface area contributed by atoms with E-state index in [2.05, 4.69) is 0 Å². The summed E-state index contributed by atoms with van der Waals surface area (Å²) in [6.45, 7) is 2.29. The van der Waals surface area contributed by atoms with Crippen LogP contribution in [-0.4, -0.2) is 24.2 Å². The molecule has 22 heavy (non-hydrogen) atoms. The predicted molar refractivity (Wildman–Crippen MR) is 83.4 cm³/mol. The summed E-state index contributed by atoms with van der Waals surface area (Å²) in [6.07, 6.45) is 0.698. The summed E-state index contributed by atoms with van der Waals surface area (Å²) in [5.74, 6) is 0. The quantitative estimate of drug-likeness (QED) is 0.636. The molecular weight excluding hydrogens is 324 g/mol. The molecule has 0 radical (unpaired) electrons. The molecule has 1 unspecified atom stereocenters. The molecule has 1 aliphatic rings. The van der Waals surface area contributed by atoms with E-state index in [0.29, 0.717) is 13.0 Å². The molecule has 116 valence electrons. The number of hydrogen-bond acceptors (Lipinski definition) is 5. The van der Waals surface area contributed by atoms with E-state index in [4.69, 9.17) is 0 Å². The van der Waals surface area contributed by atoms with E-state index >= 15 is 0 Å². The fourth-order valence-corrected chi connectivity index (χ4v) is 5.27. The van der Waals surface area contributed by atoms with Crippen molar-refractivity contribution in [3.8, 4) is 0 Å². The van der Waals surface area contributed by atoms with Gasteiger partial charge in [-0.15, -0.1) is 11.3 Å². The van der Waals surface area contributed by atoms with Crippen LogP contribution < -0.4 is 0 Å². The average molecular weight is 338 g/mol. The lowest BCUT2D eigenvalue weighted by Gasteiger charge is -2.32. The second-order valence-electron chi connectivity index (χ2n) is 5.09. The lowest BCUT2D eigenvalue weighted by atomic mass is 10.0. The van der Waals surface area contributed by atoms with Crippen LogP contribution in [0.2, 0.25) is 0 Å². The Bertz CT molecular complexity index is 812. The van der Waals surface area contributed by atoms with Gasteiger partial charge in [0.2, 0.25) is 10.0 Å². The van der Waals surface area contributed by atoms with Crippen molar-refractivity contribution in [2.45, 2.75) is 24.3 Å². The minimum absolute atomic E-state index is 0.0867. The first-order valence-corrected chi connectivity index (χ1v) is 9.06. The van der Waals surface area contributed by atoms with Crippen LogP contribution in [0.4, 0.5) is 5.69 Å². The van der Waals surface area contributed by atoms with Crippen LogP contribution in [0.25, 0.3) is 0 Å². The zero-order chi connectivity index (χ0) is 15.9. The molecule has 3 rings (SSSR count). The number of hydrogen-bond donors (Lipinski definition) is 0. The summed E-state index contributed by atoms with van der Waals surface area (Å²) in [4.78, 5) is 11.4. The first kappa shape index (κ1) is 15.1. The highest BCUT2D eigenvalue weighted by Crippen LogP contribution is 2.36. The van der Waals surface area contributed by atoms with Gasteiger partial charge in [-0.1, -0.05) is 0 Å². The fourth-order valence-electron chi connectivity index (χ4n) is 2.69. The highest BCUT2D eigenvalue weighted by Gasteiger charge is 2.34. The first-order valence-electron chi connectivity index (χ1n) is 6.74. The van der Waals surface area contributed by atoms with E-state index in [1.807, 2.05) is 18.4 Å². The Morgan fingerprint density at radius 3 is 2.59 bits per heavy atom. The molecule has 2 aromatic rings. The van der Waals surface area contributed by atoms with E-state index in [1.165, 1.54) is 33.4 Å². The largest absolute Gasteiger partial charge is 0.269 e. The molecule has 1 aliphatic heterocycles. The number of thiophene rings is 1. The van der Waals surface area contributed by atoms with Gasteiger partial charge < -0.3 is 0 Å². The summed E-state index contributed by atoms with van der Waals surface area (Å²) in [7, 11) is -3.66. The molecule has 0 bridgehead atoms. The molecule has 0 fully saturated rings. The van der Waals surface area contributed by atoms with Gasteiger partial charge in [0.15, 0.2) is 0 Å². The van der Waals surface area contributed by atoms with Crippen molar-refractivity contribution in [1.82, 2.24) is 4.31 Å². The van der Waals surface area contributed by atoms with Crippen LogP contribution in [0.5, 0.6) is 0 Å². The maximum atomic E-state index is 12.8. The van der Waals surface area contributed by atoms with Gasteiger partial charge >= 0.3 is 0 Å². The maximum Gasteiger partial charge on any atom is 0.269 e. The molecule has 0 N–H and O–H groups in total. The third-order valence-corrected chi connectivity index (χ3v) is 6.86. The summed E-state index contributed by atoms with van der Waals surface area (Å²) >= 11 is 1.65. The van der Waals surface area contributed by atoms with Gasteiger partial charge in [-0.2, -0.15) is 4.31 Å². The Hall–Kier alpha value is -1.77. The highest BCUT2D eigenvalue weighted by molar-refractivity contribution is 7.89. The van der Waals surface area contributed by atoms with Crippen molar-refractivity contribution in [1.29, 1.82) is 0 Å². The number of nitrogens with zero attached hydrogens (tertiary/aromatic N) is 2. The number of rotatable bonds is 3. The summed E-state index contributed by atoms with van der Waals surface area (Å²) in [5, 5.41) is 12.6. The normalized spacial score (nSPS) is 18.9. The van der Waals surface area contributed by atoms with Crippen molar-refractivity contribution >= 4 is 27.0 Å². The van der Waals surface area contributed by atoms with E-state index in [0.717, 1.165) is 5.56 Å². The van der Waals surface area contributed by atoms with Crippen molar-refractivity contribution < 1.29 is 13.3 Å². The number of nitro benzene ring substituents is 1. The number of non-ortho nitro benzene ring substituents is 1. The van der Waals surface area contributed by atoms with E-state index in [-0.39, 0.29) is 16.6 Å². The number of fused-ring (bicyclic) bond motifs is 1. The molecule has 1 atom stereocenters. The van der Waals surface area contributed by atoms with Gasteiger partial charge in [-0.3, -0.25) is 10.1 Å². The second-order valence-corrected chi connectivity index (χ2v) is 7.98.